The van der Waals surface area contributed by atoms with Crippen molar-refractivity contribution in [1.29, 1.82) is 0 Å². The van der Waals surface area contributed by atoms with Crippen molar-refractivity contribution in [2.45, 2.75) is 24.8 Å². The fraction of sp³-hybridized carbons (Fsp3) is 1.00. The Morgan fingerprint density at radius 2 is 1.85 bits per heavy atom. The summed E-state index contributed by atoms with van der Waals surface area (Å²) in [7, 11) is -8.95. The molecule has 1 rings (SSSR count). The van der Waals surface area contributed by atoms with E-state index in [1.165, 1.54) is 0 Å². The monoisotopic (exact) mass is 339 g/mol. The van der Waals surface area contributed by atoms with E-state index in [9.17, 15) is 30.0 Å². The number of rotatable bonds is 6. The molecule has 1 saturated heterocycles. The van der Waals surface area contributed by atoms with Gasteiger partial charge in [0.15, 0.2) is 0 Å². The van der Waals surface area contributed by atoms with Crippen LogP contribution < -0.4 is 0 Å². The Balaban J connectivity index is 2.47. The minimum absolute atomic E-state index is 0.0637. The zero-order valence-electron chi connectivity index (χ0n) is 10.8. The van der Waals surface area contributed by atoms with Gasteiger partial charge in [-0.05, 0) is 38.8 Å². The highest BCUT2D eigenvalue weighted by atomic mass is 32.3. The molecule has 120 valence electrons. The predicted octanol–water partition coefficient (Wildman–Crippen LogP) is 0.914. The van der Waals surface area contributed by atoms with Crippen LogP contribution in [0.4, 0.5) is 13.2 Å². The Morgan fingerprint density at radius 3 is 2.30 bits per heavy atom. The molecule has 1 heterocycles. The van der Waals surface area contributed by atoms with Gasteiger partial charge in [-0.3, -0.25) is 0 Å². The van der Waals surface area contributed by atoms with Crippen LogP contribution in [0.25, 0.3) is 0 Å². The SMILES string of the molecule is CN1CCC(CCCS(=O)(=O)OS(=O)(=O)C(F)(F)F)C1. The number of halogens is 3. The molecular formula is C9H16F3NO5S2. The lowest BCUT2D eigenvalue weighted by Crippen LogP contribution is -2.29. The Morgan fingerprint density at radius 1 is 1.25 bits per heavy atom. The summed E-state index contributed by atoms with van der Waals surface area (Å²) in [5, 5.41) is 0. The summed E-state index contributed by atoms with van der Waals surface area (Å²) in [6.07, 6.45) is 1.45. The maximum Gasteiger partial charge on any atom is 0.524 e. The molecule has 0 spiro atoms. The highest BCUT2D eigenvalue weighted by Crippen LogP contribution is 2.27. The standard InChI is InChI=1S/C9H16F3NO5S2/c1-13-5-4-8(7-13)3-2-6-19(14,15)18-20(16,17)9(10,11)12/h8H,2-7H2,1H3. The van der Waals surface area contributed by atoms with Gasteiger partial charge in [0, 0.05) is 6.54 Å². The van der Waals surface area contributed by atoms with Crippen molar-refractivity contribution in [2.24, 2.45) is 5.92 Å². The van der Waals surface area contributed by atoms with Gasteiger partial charge in [-0.1, -0.05) is 0 Å². The van der Waals surface area contributed by atoms with Crippen molar-refractivity contribution in [1.82, 2.24) is 4.90 Å². The first kappa shape index (κ1) is 17.7. The predicted molar refractivity (Wildman–Crippen MR) is 64.7 cm³/mol. The second-order valence-electron chi connectivity index (χ2n) is 4.79. The highest BCUT2D eigenvalue weighted by molar-refractivity contribution is 8.00. The normalized spacial score (nSPS) is 22.3. The molecule has 0 N–H and O–H groups in total. The van der Waals surface area contributed by atoms with Crippen LogP contribution >= 0.6 is 0 Å². The summed E-state index contributed by atoms with van der Waals surface area (Å²) in [6, 6.07) is 0. The minimum Gasteiger partial charge on any atom is -0.306 e. The van der Waals surface area contributed by atoms with E-state index in [2.05, 4.69) is 8.53 Å². The summed E-state index contributed by atoms with van der Waals surface area (Å²) < 4.78 is 82.9. The quantitative estimate of drug-likeness (QED) is 0.669. The van der Waals surface area contributed by atoms with Gasteiger partial charge in [0.05, 0.1) is 5.75 Å². The van der Waals surface area contributed by atoms with Crippen LogP contribution in [-0.2, 0) is 23.9 Å². The zero-order chi connectivity index (χ0) is 15.6. The molecule has 0 aromatic carbocycles. The van der Waals surface area contributed by atoms with Gasteiger partial charge >= 0.3 is 15.6 Å². The van der Waals surface area contributed by atoms with Gasteiger partial charge in [-0.15, -0.1) is 3.63 Å². The molecular weight excluding hydrogens is 323 g/mol. The zero-order valence-corrected chi connectivity index (χ0v) is 12.4. The third-order valence-electron chi connectivity index (χ3n) is 2.97. The first-order valence-electron chi connectivity index (χ1n) is 5.86. The third-order valence-corrected chi connectivity index (χ3v) is 5.87. The molecule has 20 heavy (non-hydrogen) atoms. The number of alkyl halides is 3. The van der Waals surface area contributed by atoms with Crippen molar-refractivity contribution in [3.63, 3.8) is 0 Å². The Hall–Kier alpha value is -0.390. The second kappa shape index (κ2) is 6.16. The van der Waals surface area contributed by atoms with Crippen molar-refractivity contribution >= 4 is 20.2 Å². The number of hydrogen-bond acceptors (Lipinski definition) is 6. The van der Waals surface area contributed by atoms with Crippen LogP contribution in [0.1, 0.15) is 19.3 Å². The molecule has 1 aliphatic rings. The maximum absolute atomic E-state index is 12.0. The topological polar surface area (TPSA) is 80.8 Å². The molecule has 0 aromatic heterocycles. The summed E-state index contributed by atoms with van der Waals surface area (Å²) in [4.78, 5) is 2.06. The van der Waals surface area contributed by atoms with Crippen molar-refractivity contribution in [3.05, 3.63) is 0 Å². The average molecular weight is 339 g/mol. The van der Waals surface area contributed by atoms with Gasteiger partial charge in [0.25, 0.3) is 10.1 Å². The van der Waals surface area contributed by atoms with Crippen LogP contribution in [0.2, 0.25) is 0 Å². The van der Waals surface area contributed by atoms with Gasteiger partial charge in [-0.2, -0.15) is 30.0 Å². The highest BCUT2D eigenvalue weighted by Gasteiger charge is 2.50. The lowest BCUT2D eigenvalue weighted by molar-refractivity contribution is -0.0498. The van der Waals surface area contributed by atoms with Crippen molar-refractivity contribution in [2.75, 3.05) is 25.9 Å². The van der Waals surface area contributed by atoms with E-state index >= 15 is 0 Å². The van der Waals surface area contributed by atoms with Crippen LogP contribution in [-0.4, -0.2) is 53.1 Å². The van der Waals surface area contributed by atoms with Gasteiger partial charge < -0.3 is 4.90 Å². The van der Waals surface area contributed by atoms with Gasteiger partial charge in [-0.25, -0.2) is 0 Å². The summed E-state index contributed by atoms with van der Waals surface area (Å²) >= 11 is 0. The Kier molecular flexibility index (Phi) is 5.44. The fourth-order valence-electron chi connectivity index (χ4n) is 2.02. The molecule has 0 bridgehead atoms. The first-order chi connectivity index (χ1) is 8.93. The van der Waals surface area contributed by atoms with E-state index in [0.717, 1.165) is 19.5 Å². The Labute approximate surface area is 116 Å². The second-order valence-corrected chi connectivity index (χ2v) is 8.23. The molecule has 0 amide bonds. The smallest absolute Gasteiger partial charge is 0.306 e. The Bertz CT molecular complexity index is 528. The minimum atomic E-state index is -6.11. The molecule has 0 radical (unpaired) electrons. The molecule has 0 aromatic rings. The van der Waals surface area contributed by atoms with Crippen LogP contribution in [0.5, 0.6) is 0 Å². The lowest BCUT2D eigenvalue weighted by atomic mass is 10.0. The molecule has 0 saturated carbocycles. The van der Waals surface area contributed by atoms with Crippen LogP contribution in [0.3, 0.4) is 0 Å². The van der Waals surface area contributed by atoms with Crippen LogP contribution in [0, 0.1) is 5.92 Å². The summed E-state index contributed by atoms with van der Waals surface area (Å²) in [6.45, 7) is 1.68. The van der Waals surface area contributed by atoms with Gasteiger partial charge in [0.1, 0.15) is 0 Å². The van der Waals surface area contributed by atoms with E-state index in [1.807, 2.05) is 7.05 Å². The fourth-order valence-corrected chi connectivity index (χ4v) is 4.21. The third kappa shape index (κ3) is 5.19. The maximum atomic E-state index is 12.0. The first-order valence-corrected chi connectivity index (χ1v) is 8.85. The lowest BCUT2D eigenvalue weighted by Gasteiger charge is -2.11. The molecule has 1 aliphatic heterocycles. The number of likely N-dealkylation sites (tertiary alicyclic amines) is 1. The molecule has 11 heteroatoms. The van der Waals surface area contributed by atoms with E-state index < -0.39 is 31.5 Å². The van der Waals surface area contributed by atoms with Crippen molar-refractivity contribution in [3.8, 4) is 0 Å². The number of nitrogens with zero attached hydrogens (tertiary/aromatic N) is 1. The molecule has 0 aliphatic carbocycles. The number of hydrogen-bond donors (Lipinski definition) is 0. The molecule has 1 unspecified atom stereocenters. The molecule has 1 atom stereocenters. The van der Waals surface area contributed by atoms with E-state index in [0.29, 0.717) is 6.42 Å². The molecule has 6 nitrogen and oxygen atoms in total. The molecule has 1 fully saturated rings. The van der Waals surface area contributed by atoms with E-state index in [4.69, 9.17) is 0 Å². The summed E-state index contributed by atoms with van der Waals surface area (Å²) in [5.41, 5.74) is -5.74. The largest absolute Gasteiger partial charge is 0.524 e. The van der Waals surface area contributed by atoms with E-state index in [-0.39, 0.29) is 12.3 Å². The van der Waals surface area contributed by atoms with Gasteiger partial charge in [0.2, 0.25) is 0 Å². The summed E-state index contributed by atoms with van der Waals surface area (Å²) in [5.74, 6) is -0.475. The van der Waals surface area contributed by atoms with Crippen molar-refractivity contribution < 1.29 is 33.6 Å². The van der Waals surface area contributed by atoms with Crippen LogP contribution in [0.15, 0.2) is 0 Å². The average Bonchev–Trinajstić information content (AvgIpc) is 2.60. The van der Waals surface area contributed by atoms with E-state index in [1.54, 1.807) is 0 Å².